The van der Waals surface area contributed by atoms with Gasteiger partial charge in [0.2, 0.25) is 0 Å². The third kappa shape index (κ3) is 5.38. The number of hydrogen-bond donors (Lipinski definition) is 2. The monoisotopic (exact) mass is 372 g/mol. The molecule has 1 aliphatic rings. The van der Waals surface area contributed by atoms with Gasteiger partial charge in [-0.05, 0) is 37.2 Å². The molecule has 26 heavy (non-hydrogen) atoms. The number of para-hydroxylation sites is 2. The first-order valence-corrected chi connectivity index (χ1v) is 9.42. The summed E-state index contributed by atoms with van der Waals surface area (Å²) in [5, 5.41) is 6.20. The lowest BCUT2D eigenvalue weighted by Crippen LogP contribution is -2.47. The van der Waals surface area contributed by atoms with Crippen LogP contribution in [-0.4, -0.2) is 50.2 Å². The van der Waals surface area contributed by atoms with Crippen LogP contribution in [0.15, 0.2) is 54.6 Å². The molecule has 1 fully saturated rings. The van der Waals surface area contributed by atoms with Crippen LogP contribution in [0.2, 0.25) is 5.02 Å². The quantitative estimate of drug-likeness (QED) is 0.760. The summed E-state index contributed by atoms with van der Waals surface area (Å²) in [6.45, 7) is 5.85. The molecular weight excluding hydrogens is 348 g/mol. The Morgan fingerprint density at radius 3 is 2.38 bits per heavy atom. The van der Waals surface area contributed by atoms with Gasteiger partial charge < -0.3 is 15.5 Å². The van der Waals surface area contributed by atoms with Crippen LogP contribution in [0.3, 0.4) is 0 Å². The van der Waals surface area contributed by atoms with E-state index in [1.807, 2.05) is 12.1 Å². The molecule has 1 saturated heterocycles. The summed E-state index contributed by atoms with van der Waals surface area (Å²) in [6.07, 6.45) is 0.932. The predicted octanol–water partition coefficient (Wildman–Crippen LogP) is 3.67. The fourth-order valence-electron chi connectivity index (χ4n) is 3.10. The number of nitrogens with one attached hydrogen (secondary N) is 2. The van der Waals surface area contributed by atoms with Crippen molar-refractivity contribution in [2.45, 2.75) is 6.42 Å². The second kappa shape index (κ2) is 9.46. The van der Waals surface area contributed by atoms with Crippen molar-refractivity contribution in [3.05, 3.63) is 59.6 Å². The summed E-state index contributed by atoms with van der Waals surface area (Å²) in [6, 6.07) is 17.6. The van der Waals surface area contributed by atoms with Crippen LogP contribution < -0.4 is 15.5 Å². The third-order valence-corrected chi connectivity index (χ3v) is 4.88. The molecule has 0 spiro atoms. The standard InChI is InChI=1S/C20H25ClN4O/c21-18-9-4-5-10-19(18)23-20(26)22-11-6-12-24-13-15-25(16-14-24)17-7-2-1-3-8-17/h1-5,7-10H,6,11-16H2,(H2,22,23,26). The van der Waals surface area contributed by atoms with Crippen molar-refractivity contribution in [2.24, 2.45) is 0 Å². The van der Waals surface area contributed by atoms with Crippen LogP contribution in [0.4, 0.5) is 16.2 Å². The van der Waals surface area contributed by atoms with E-state index < -0.39 is 0 Å². The van der Waals surface area contributed by atoms with Gasteiger partial charge in [0.05, 0.1) is 10.7 Å². The van der Waals surface area contributed by atoms with Crippen LogP contribution in [0, 0.1) is 0 Å². The first-order valence-electron chi connectivity index (χ1n) is 9.04. The van der Waals surface area contributed by atoms with Crippen LogP contribution in [0.5, 0.6) is 0 Å². The van der Waals surface area contributed by atoms with Crippen molar-refractivity contribution in [1.29, 1.82) is 0 Å². The van der Waals surface area contributed by atoms with Gasteiger partial charge in [-0.1, -0.05) is 41.9 Å². The lowest BCUT2D eigenvalue weighted by molar-refractivity contribution is 0.244. The fourth-order valence-corrected chi connectivity index (χ4v) is 3.29. The molecule has 0 saturated carbocycles. The summed E-state index contributed by atoms with van der Waals surface area (Å²) in [7, 11) is 0. The molecule has 3 rings (SSSR count). The lowest BCUT2D eigenvalue weighted by atomic mass is 10.2. The molecule has 0 bridgehead atoms. The Morgan fingerprint density at radius 2 is 1.65 bits per heavy atom. The Morgan fingerprint density at radius 1 is 0.962 bits per heavy atom. The van der Waals surface area contributed by atoms with Gasteiger partial charge in [-0.15, -0.1) is 0 Å². The summed E-state index contributed by atoms with van der Waals surface area (Å²) >= 11 is 6.03. The molecule has 2 N–H and O–H groups in total. The number of anilines is 2. The molecule has 2 aromatic rings. The first kappa shape index (κ1) is 18.5. The Hall–Kier alpha value is -2.24. The van der Waals surface area contributed by atoms with Gasteiger partial charge in [-0.2, -0.15) is 0 Å². The minimum absolute atomic E-state index is 0.216. The van der Waals surface area contributed by atoms with E-state index in [4.69, 9.17) is 11.6 Å². The molecule has 1 heterocycles. The number of nitrogens with zero attached hydrogens (tertiary/aromatic N) is 2. The summed E-state index contributed by atoms with van der Waals surface area (Å²) in [5.74, 6) is 0. The van der Waals surface area contributed by atoms with E-state index in [1.54, 1.807) is 12.1 Å². The zero-order valence-electron chi connectivity index (χ0n) is 14.8. The number of halogens is 1. The van der Waals surface area contributed by atoms with E-state index in [1.165, 1.54) is 5.69 Å². The Bertz CT molecular complexity index is 702. The highest BCUT2D eigenvalue weighted by Gasteiger charge is 2.16. The second-order valence-corrected chi connectivity index (χ2v) is 6.79. The average molecular weight is 373 g/mol. The number of amides is 2. The molecule has 6 heteroatoms. The van der Waals surface area contributed by atoms with Crippen LogP contribution in [-0.2, 0) is 0 Å². The fraction of sp³-hybridized carbons (Fsp3) is 0.350. The van der Waals surface area contributed by atoms with E-state index in [0.717, 1.165) is 39.1 Å². The number of urea groups is 1. The highest BCUT2D eigenvalue weighted by Crippen LogP contribution is 2.20. The lowest BCUT2D eigenvalue weighted by Gasteiger charge is -2.36. The smallest absolute Gasteiger partial charge is 0.319 e. The van der Waals surface area contributed by atoms with Gasteiger partial charge in [0.15, 0.2) is 0 Å². The second-order valence-electron chi connectivity index (χ2n) is 6.38. The minimum Gasteiger partial charge on any atom is -0.369 e. The van der Waals surface area contributed by atoms with Crippen molar-refractivity contribution in [1.82, 2.24) is 10.2 Å². The Balaban J connectivity index is 1.31. The number of rotatable bonds is 6. The zero-order chi connectivity index (χ0) is 18.2. The zero-order valence-corrected chi connectivity index (χ0v) is 15.6. The molecule has 2 amide bonds. The number of hydrogen-bond acceptors (Lipinski definition) is 3. The average Bonchev–Trinajstić information content (AvgIpc) is 2.68. The van der Waals surface area contributed by atoms with E-state index in [2.05, 4.69) is 50.8 Å². The van der Waals surface area contributed by atoms with Gasteiger partial charge in [0.1, 0.15) is 0 Å². The van der Waals surface area contributed by atoms with Gasteiger partial charge in [0, 0.05) is 38.4 Å². The van der Waals surface area contributed by atoms with Crippen LogP contribution in [0.1, 0.15) is 6.42 Å². The van der Waals surface area contributed by atoms with Gasteiger partial charge >= 0.3 is 6.03 Å². The van der Waals surface area contributed by atoms with Crippen molar-refractivity contribution in [2.75, 3.05) is 49.5 Å². The molecule has 0 unspecified atom stereocenters. The normalized spacial score (nSPS) is 14.9. The number of benzene rings is 2. The van der Waals surface area contributed by atoms with Crippen LogP contribution >= 0.6 is 11.6 Å². The predicted molar refractivity (Wildman–Crippen MR) is 108 cm³/mol. The highest BCUT2D eigenvalue weighted by molar-refractivity contribution is 6.33. The molecule has 0 atom stereocenters. The van der Waals surface area contributed by atoms with E-state index in [0.29, 0.717) is 17.3 Å². The largest absolute Gasteiger partial charge is 0.369 e. The van der Waals surface area contributed by atoms with E-state index in [-0.39, 0.29) is 6.03 Å². The van der Waals surface area contributed by atoms with Crippen LogP contribution in [0.25, 0.3) is 0 Å². The summed E-state index contributed by atoms with van der Waals surface area (Å²) < 4.78 is 0. The van der Waals surface area contributed by atoms with Crippen molar-refractivity contribution < 1.29 is 4.79 Å². The van der Waals surface area contributed by atoms with E-state index in [9.17, 15) is 4.79 Å². The van der Waals surface area contributed by atoms with Gasteiger partial charge in [-0.25, -0.2) is 4.79 Å². The van der Waals surface area contributed by atoms with Crippen molar-refractivity contribution in [3.63, 3.8) is 0 Å². The summed E-state index contributed by atoms with van der Waals surface area (Å²) in [5.41, 5.74) is 1.92. The van der Waals surface area contributed by atoms with E-state index >= 15 is 0 Å². The number of piperazine rings is 1. The van der Waals surface area contributed by atoms with Gasteiger partial charge in [0.25, 0.3) is 0 Å². The topological polar surface area (TPSA) is 47.6 Å². The minimum atomic E-state index is -0.216. The van der Waals surface area contributed by atoms with Gasteiger partial charge in [-0.3, -0.25) is 4.90 Å². The summed E-state index contributed by atoms with van der Waals surface area (Å²) in [4.78, 5) is 16.8. The van der Waals surface area contributed by atoms with Crippen molar-refractivity contribution >= 4 is 29.0 Å². The Labute approximate surface area is 159 Å². The molecule has 0 radical (unpaired) electrons. The Kier molecular flexibility index (Phi) is 6.75. The number of carbonyl (C=O) groups excluding carboxylic acids is 1. The molecule has 5 nitrogen and oxygen atoms in total. The molecular formula is C20H25ClN4O. The number of carbonyl (C=O) groups is 1. The first-order chi connectivity index (χ1) is 12.7. The molecule has 1 aliphatic heterocycles. The third-order valence-electron chi connectivity index (χ3n) is 4.55. The molecule has 0 aliphatic carbocycles. The molecule has 2 aromatic carbocycles. The van der Waals surface area contributed by atoms with Crippen molar-refractivity contribution in [3.8, 4) is 0 Å². The highest BCUT2D eigenvalue weighted by atomic mass is 35.5. The maximum absolute atomic E-state index is 11.9. The molecule has 138 valence electrons. The maximum Gasteiger partial charge on any atom is 0.319 e. The maximum atomic E-state index is 11.9. The molecule has 0 aromatic heterocycles. The SMILES string of the molecule is O=C(NCCCN1CCN(c2ccccc2)CC1)Nc1ccccc1Cl.